The minimum absolute atomic E-state index is 0.00478. The summed E-state index contributed by atoms with van der Waals surface area (Å²) < 4.78 is 0. The van der Waals surface area contributed by atoms with Gasteiger partial charge >= 0.3 is 16.9 Å². The quantitative estimate of drug-likeness (QED) is 0.423. The number of nitro groups is 1. The fourth-order valence-corrected chi connectivity index (χ4v) is 2.30. The van der Waals surface area contributed by atoms with Gasteiger partial charge in [0.2, 0.25) is 0 Å². The lowest BCUT2D eigenvalue weighted by Crippen LogP contribution is -2.26. The second-order valence-electron chi connectivity index (χ2n) is 5.49. The van der Waals surface area contributed by atoms with E-state index < -0.39 is 21.9 Å². The first-order chi connectivity index (χ1) is 12.8. The molecule has 0 saturated carbocycles. The normalized spacial score (nSPS) is 10.2. The molecule has 4 N–H and O–H groups in total. The Labute approximate surface area is 156 Å². The summed E-state index contributed by atoms with van der Waals surface area (Å²) in [7, 11) is 0. The minimum atomic E-state index is -1.10. The van der Waals surface area contributed by atoms with Gasteiger partial charge in [-0.1, -0.05) is 39.0 Å². The SMILES string of the molecule is CCN(CC)CC.O=c1[nH]c(NCc2ccccc2O)c([N+](=O)[O-])c(=O)[nH]1. The van der Waals surface area contributed by atoms with Crippen molar-refractivity contribution in [3.05, 3.63) is 60.8 Å². The van der Waals surface area contributed by atoms with Gasteiger partial charge in [-0.15, -0.1) is 0 Å². The lowest BCUT2D eigenvalue weighted by molar-refractivity contribution is -0.385. The Balaban J connectivity index is 0.000000445. The molecule has 0 aliphatic rings. The van der Waals surface area contributed by atoms with Crippen molar-refractivity contribution in [2.24, 2.45) is 0 Å². The number of nitrogens with zero attached hydrogens (tertiary/aromatic N) is 2. The van der Waals surface area contributed by atoms with Crippen LogP contribution in [0.5, 0.6) is 5.75 Å². The van der Waals surface area contributed by atoms with Crippen molar-refractivity contribution in [3.8, 4) is 5.75 Å². The number of phenolic OH excluding ortho intramolecular Hbond substituents is 1. The number of nitrogens with one attached hydrogen (secondary N) is 3. The molecular formula is C17H25N5O5. The lowest BCUT2D eigenvalue weighted by Gasteiger charge is -2.13. The van der Waals surface area contributed by atoms with Gasteiger partial charge in [-0.3, -0.25) is 24.9 Å². The number of rotatable bonds is 7. The summed E-state index contributed by atoms with van der Waals surface area (Å²) >= 11 is 0. The Morgan fingerprint density at radius 3 is 2.19 bits per heavy atom. The molecule has 2 rings (SSSR count). The Bertz CT molecular complexity index is 852. The molecule has 2 aromatic rings. The van der Waals surface area contributed by atoms with E-state index in [1.54, 1.807) is 23.2 Å². The van der Waals surface area contributed by atoms with Crippen LogP contribution in [0.15, 0.2) is 33.9 Å². The second kappa shape index (κ2) is 10.8. The van der Waals surface area contributed by atoms with Crippen molar-refractivity contribution in [2.75, 3.05) is 25.0 Å². The van der Waals surface area contributed by atoms with Crippen molar-refractivity contribution < 1.29 is 10.0 Å². The number of aromatic nitrogens is 2. The highest BCUT2D eigenvalue weighted by molar-refractivity contribution is 5.54. The van der Waals surface area contributed by atoms with Gasteiger partial charge in [0.25, 0.3) is 0 Å². The largest absolute Gasteiger partial charge is 0.508 e. The summed E-state index contributed by atoms with van der Waals surface area (Å²) in [6.45, 7) is 10.1. The molecule has 0 aliphatic heterocycles. The summed E-state index contributed by atoms with van der Waals surface area (Å²) in [5.74, 6) is -0.318. The number of aromatic hydroxyl groups is 1. The van der Waals surface area contributed by atoms with E-state index in [0.717, 1.165) is 0 Å². The van der Waals surface area contributed by atoms with Crippen molar-refractivity contribution in [2.45, 2.75) is 27.3 Å². The Kier molecular flexibility index (Phi) is 8.73. The number of hydrogen-bond acceptors (Lipinski definition) is 7. The third kappa shape index (κ3) is 6.59. The number of anilines is 1. The van der Waals surface area contributed by atoms with Crippen LogP contribution < -0.4 is 16.6 Å². The molecule has 1 aromatic heterocycles. The maximum Gasteiger partial charge on any atom is 0.373 e. The van der Waals surface area contributed by atoms with E-state index >= 15 is 0 Å². The Morgan fingerprint density at radius 2 is 1.70 bits per heavy atom. The number of para-hydroxylation sites is 1. The smallest absolute Gasteiger partial charge is 0.373 e. The molecule has 0 bridgehead atoms. The van der Waals surface area contributed by atoms with Crippen LogP contribution in [-0.2, 0) is 6.54 Å². The molecule has 0 fully saturated rings. The number of aromatic amines is 2. The van der Waals surface area contributed by atoms with Crippen molar-refractivity contribution in [1.29, 1.82) is 0 Å². The average Bonchev–Trinajstić information content (AvgIpc) is 2.62. The van der Waals surface area contributed by atoms with Crippen LogP contribution in [-0.4, -0.2) is 44.5 Å². The standard InChI is InChI=1S/C11H10N4O5.C6H15N/c16-7-4-2-1-3-6(7)5-12-9-8(15(19)20)10(17)14-11(18)13-9;1-4-7(5-2)6-3/h1-4,16H,5H2,(H3,12,13,14,17,18);4-6H2,1-3H3. The number of benzene rings is 1. The van der Waals surface area contributed by atoms with Crippen molar-refractivity contribution in [3.63, 3.8) is 0 Å². The summed E-state index contributed by atoms with van der Waals surface area (Å²) in [6, 6.07) is 6.34. The van der Waals surface area contributed by atoms with Gasteiger partial charge in [0.05, 0.1) is 4.92 Å². The molecular weight excluding hydrogens is 354 g/mol. The second-order valence-corrected chi connectivity index (χ2v) is 5.49. The molecule has 0 spiro atoms. The van der Waals surface area contributed by atoms with Gasteiger partial charge in [0.15, 0.2) is 5.82 Å². The van der Waals surface area contributed by atoms with E-state index in [1.165, 1.54) is 25.7 Å². The average molecular weight is 379 g/mol. The molecule has 0 aliphatic carbocycles. The Hall–Kier alpha value is -3.14. The predicted octanol–water partition coefficient (Wildman–Crippen LogP) is 1.64. The highest BCUT2D eigenvalue weighted by Crippen LogP contribution is 2.19. The summed E-state index contributed by atoms with van der Waals surface area (Å²) in [5, 5.41) is 22.9. The van der Waals surface area contributed by atoms with Gasteiger partial charge in [-0.05, 0) is 25.7 Å². The lowest BCUT2D eigenvalue weighted by atomic mass is 10.2. The molecule has 0 amide bonds. The fourth-order valence-electron chi connectivity index (χ4n) is 2.30. The molecule has 10 nitrogen and oxygen atoms in total. The van der Waals surface area contributed by atoms with Gasteiger partial charge < -0.3 is 15.3 Å². The molecule has 10 heteroatoms. The van der Waals surface area contributed by atoms with Crippen LogP contribution in [0.25, 0.3) is 0 Å². The molecule has 1 aromatic carbocycles. The highest BCUT2D eigenvalue weighted by atomic mass is 16.6. The molecule has 0 atom stereocenters. The monoisotopic (exact) mass is 379 g/mol. The summed E-state index contributed by atoms with van der Waals surface area (Å²) in [4.78, 5) is 38.7. The molecule has 0 unspecified atom stereocenters. The van der Waals surface area contributed by atoms with E-state index in [0.29, 0.717) is 5.56 Å². The van der Waals surface area contributed by atoms with E-state index in [4.69, 9.17) is 0 Å². The van der Waals surface area contributed by atoms with E-state index in [1.807, 2.05) is 0 Å². The van der Waals surface area contributed by atoms with E-state index in [9.17, 15) is 24.8 Å². The van der Waals surface area contributed by atoms with Crippen LogP contribution in [0, 0.1) is 10.1 Å². The highest BCUT2D eigenvalue weighted by Gasteiger charge is 2.20. The van der Waals surface area contributed by atoms with Gasteiger partial charge in [0.1, 0.15) is 5.75 Å². The zero-order valence-corrected chi connectivity index (χ0v) is 15.6. The van der Waals surface area contributed by atoms with Gasteiger partial charge in [-0.2, -0.15) is 0 Å². The van der Waals surface area contributed by atoms with Crippen molar-refractivity contribution in [1.82, 2.24) is 14.9 Å². The molecule has 0 saturated heterocycles. The molecule has 0 radical (unpaired) electrons. The minimum Gasteiger partial charge on any atom is -0.508 e. The molecule has 1 heterocycles. The van der Waals surface area contributed by atoms with Crippen LogP contribution in [0.3, 0.4) is 0 Å². The maximum absolute atomic E-state index is 11.4. The number of hydrogen-bond donors (Lipinski definition) is 4. The molecule has 148 valence electrons. The number of H-pyrrole nitrogens is 2. The third-order valence-corrected chi connectivity index (χ3v) is 3.89. The van der Waals surface area contributed by atoms with Crippen LogP contribution in [0.4, 0.5) is 11.5 Å². The van der Waals surface area contributed by atoms with Crippen LogP contribution in [0.2, 0.25) is 0 Å². The summed E-state index contributed by atoms with van der Waals surface area (Å²) in [5.41, 5.74) is -2.29. The first kappa shape index (κ1) is 21.9. The predicted molar refractivity (Wildman–Crippen MR) is 103 cm³/mol. The zero-order chi connectivity index (χ0) is 20.4. The number of phenols is 1. The van der Waals surface area contributed by atoms with E-state index in [-0.39, 0.29) is 18.1 Å². The summed E-state index contributed by atoms with van der Waals surface area (Å²) in [6.07, 6.45) is 0. The van der Waals surface area contributed by atoms with Crippen LogP contribution in [0.1, 0.15) is 26.3 Å². The zero-order valence-electron chi connectivity index (χ0n) is 15.6. The first-order valence-electron chi connectivity index (χ1n) is 8.58. The Morgan fingerprint density at radius 1 is 1.11 bits per heavy atom. The van der Waals surface area contributed by atoms with E-state index in [2.05, 4.69) is 36.0 Å². The molecule has 27 heavy (non-hydrogen) atoms. The third-order valence-electron chi connectivity index (χ3n) is 3.89. The fraction of sp³-hybridized carbons (Fsp3) is 0.412. The maximum atomic E-state index is 11.4. The van der Waals surface area contributed by atoms with Gasteiger partial charge in [-0.25, -0.2) is 4.79 Å². The van der Waals surface area contributed by atoms with Gasteiger partial charge in [0, 0.05) is 12.1 Å². The van der Waals surface area contributed by atoms with Crippen molar-refractivity contribution >= 4 is 11.5 Å². The topological polar surface area (TPSA) is 144 Å². The van der Waals surface area contributed by atoms with Crippen LogP contribution >= 0.6 is 0 Å². The first-order valence-corrected chi connectivity index (χ1v) is 8.58.